The third kappa shape index (κ3) is 5.92. The van der Waals surface area contributed by atoms with Gasteiger partial charge in [0.05, 0.1) is 17.8 Å². The van der Waals surface area contributed by atoms with Gasteiger partial charge in [-0.05, 0) is 93.1 Å². The molecule has 3 saturated carbocycles. The number of hydrogen-bond donors (Lipinski definition) is 3. The molecule has 3 aliphatic rings. The number of allylic oxidation sites excluding steroid dienone is 3. The molecular weight excluding hydrogens is 384 g/mol. The number of aliphatic hydroxyl groups excluding tert-OH is 2. The van der Waals surface area contributed by atoms with Gasteiger partial charge in [0, 0.05) is 6.42 Å². The van der Waals surface area contributed by atoms with E-state index >= 15 is 0 Å². The largest absolute Gasteiger partial charge is 0.393 e. The Morgan fingerprint density at radius 2 is 1.94 bits per heavy atom. The fraction of sp³-hybridized carbons (Fsp3) is 0.786. The second-order valence-electron chi connectivity index (χ2n) is 11.7. The number of aliphatic hydroxyl groups is 3. The maximum Gasteiger partial charge on any atom is 0.0811 e. The van der Waals surface area contributed by atoms with Crippen LogP contribution in [0.3, 0.4) is 0 Å². The van der Waals surface area contributed by atoms with Crippen LogP contribution in [0.1, 0.15) is 98.3 Å². The fourth-order valence-electron chi connectivity index (χ4n) is 6.90. The van der Waals surface area contributed by atoms with Crippen LogP contribution in [0.2, 0.25) is 0 Å². The minimum Gasteiger partial charge on any atom is -0.393 e. The summed E-state index contributed by atoms with van der Waals surface area (Å²) in [6.07, 6.45) is 15.2. The maximum atomic E-state index is 10.1. The van der Waals surface area contributed by atoms with Crippen molar-refractivity contribution in [3.05, 3.63) is 35.5 Å². The molecule has 0 aliphatic heterocycles. The van der Waals surface area contributed by atoms with Crippen molar-refractivity contribution in [2.24, 2.45) is 23.2 Å². The molecule has 6 atom stereocenters. The number of rotatable bonds is 7. The van der Waals surface area contributed by atoms with E-state index in [4.69, 9.17) is 0 Å². The van der Waals surface area contributed by atoms with Gasteiger partial charge in [0.2, 0.25) is 0 Å². The van der Waals surface area contributed by atoms with E-state index in [0.717, 1.165) is 35.8 Å². The monoisotopic (exact) mass is 430 g/mol. The summed E-state index contributed by atoms with van der Waals surface area (Å²) in [5.41, 5.74) is 3.22. The average molecular weight is 431 g/mol. The molecule has 0 radical (unpaired) electrons. The van der Waals surface area contributed by atoms with Crippen molar-refractivity contribution in [2.75, 3.05) is 0 Å². The molecule has 3 heteroatoms. The van der Waals surface area contributed by atoms with Crippen LogP contribution in [-0.2, 0) is 0 Å². The van der Waals surface area contributed by atoms with Crippen LogP contribution in [0.4, 0.5) is 0 Å². The van der Waals surface area contributed by atoms with E-state index in [9.17, 15) is 15.3 Å². The molecule has 3 rings (SSSR count). The summed E-state index contributed by atoms with van der Waals surface area (Å²) in [4.78, 5) is 0. The van der Waals surface area contributed by atoms with E-state index in [0.29, 0.717) is 24.2 Å². The number of hydrogen-bond acceptors (Lipinski definition) is 3. The van der Waals surface area contributed by atoms with Crippen LogP contribution in [0.5, 0.6) is 0 Å². The van der Waals surface area contributed by atoms with E-state index in [1.165, 1.54) is 44.9 Å². The van der Waals surface area contributed by atoms with Crippen LogP contribution in [-0.4, -0.2) is 33.1 Å². The molecule has 176 valence electrons. The van der Waals surface area contributed by atoms with Gasteiger partial charge in [0.1, 0.15) is 0 Å². The Labute approximate surface area is 190 Å². The Hall–Kier alpha value is -0.900. The Balaban J connectivity index is 1.66. The number of unbranched alkanes of at least 4 members (excludes halogenated alkanes) is 1. The van der Waals surface area contributed by atoms with Crippen LogP contribution in [0.15, 0.2) is 35.5 Å². The molecular formula is C28H46O3. The topological polar surface area (TPSA) is 60.7 Å². The molecule has 31 heavy (non-hydrogen) atoms. The lowest BCUT2D eigenvalue weighted by molar-refractivity contribution is 0.0650. The Morgan fingerprint density at radius 1 is 1.19 bits per heavy atom. The first-order valence-electron chi connectivity index (χ1n) is 12.7. The molecule has 0 unspecified atom stereocenters. The minimum absolute atomic E-state index is 0.390. The molecule has 0 aromatic heterocycles. The minimum atomic E-state index is -0.613. The maximum absolute atomic E-state index is 10.1. The molecule has 0 aromatic rings. The molecule has 0 heterocycles. The highest BCUT2D eigenvalue weighted by Crippen LogP contribution is 2.60. The Bertz CT molecular complexity index is 698. The lowest BCUT2D eigenvalue weighted by Crippen LogP contribution is -2.36. The third-order valence-corrected chi connectivity index (χ3v) is 8.69. The first-order chi connectivity index (χ1) is 14.5. The zero-order valence-electron chi connectivity index (χ0n) is 20.4. The lowest BCUT2D eigenvalue weighted by Gasteiger charge is -2.44. The molecule has 0 aromatic carbocycles. The molecule has 0 amide bonds. The summed E-state index contributed by atoms with van der Waals surface area (Å²) in [7, 11) is 0. The van der Waals surface area contributed by atoms with Gasteiger partial charge in [-0.25, -0.2) is 0 Å². The van der Waals surface area contributed by atoms with E-state index in [-0.39, 0.29) is 0 Å². The number of fused-ring (bicyclic) bond motifs is 1. The molecule has 3 N–H and O–H groups in total. The van der Waals surface area contributed by atoms with Crippen molar-refractivity contribution in [1.82, 2.24) is 0 Å². The lowest BCUT2D eigenvalue weighted by atomic mass is 9.60. The van der Waals surface area contributed by atoms with Gasteiger partial charge < -0.3 is 15.3 Å². The van der Waals surface area contributed by atoms with E-state index < -0.39 is 17.8 Å². The van der Waals surface area contributed by atoms with Gasteiger partial charge in [-0.1, -0.05) is 57.4 Å². The summed E-state index contributed by atoms with van der Waals surface area (Å²) in [6, 6.07) is 0. The predicted molar refractivity (Wildman–Crippen MR) is 129 cm³/mol. The van der Waals surface area contributed by atoms with Crippen LogP contribution >= 0.6 is 0 Å². The summed E-state index contributed by atoms with van der Waals surface area (Å²) in [5.74, 6) is 2.18. The highest BCUT2D eigenvalue weighted by molar-refractivity contribution is 5.38. The van der Waals surface area contributed by atoms with Crippen LogP contribution in [0, 0.1) is 23.2 Å². The average Bonchev–Trinajstić information content (AvgIpc) is 3.03. The summed E-state index contributed by atoms with van der Waals surface area (Å²) < 4.78 is 0. The molecule has 0 saturated heterocycles. The first-order valence-corrected chi connectivity index (χ1v) is 12.7. The highest BCUT2D eigenvalue weighted by Gasteiger charge is 2.50. The van der Waals surface area contributed by atoms with Gasteiger partial charge in [-0.3, -0.25) is 0 Å². The summed E-state index contributed by atoms with van der Waals surface area (Å²) in [6.45, 7) is 12.9. The molecule has 0 spiro atoms. The zero-order valence-corrected chi connectivity index (χ0v) is 20.4. The molecule has 3 aliphatic carbocycles. The quantitative estimate of drug-likeness (QED) is 0.428. The van der Waals surface area contributed by atoms with Gasteiger partial charge in [0.25, 0.3) is 0 Å². The van der Waals surface area contributed by atoms with Crippen molar-refractivity contribution in [3.8, 4) is 0 Å². The molecule has 3 nitrogen and oxygen atoms in total. The van der Waals surface area contributed by atoms with E-state index in [2.05, 4.69) is 32.6 Å². The zero-order chi connectivity index (χ0) is 22.8. The smallest absolute Gasteiger partial charge is 0.0811 e. The first kappa shape index (κ1) is 24.7. The highest BCUT2D eigenvalue weighted by atomic mass is 16.3. The standard InChI is InChI=1S/C28H46O3/c1-19(9-6-7-15-27(3,4)31)24-13-14-25-21(10-8-16-28(24,25)5)11-12-22-17-23(29)18-26(30)20(22)2/h11-12,19,23-26,29-31H,2,6-10,13-18H2,1,3-5H3/b21-11+,22-12?/t19-,23-,24-,25+,26+,28-/m1/s1. The van der Waals surface area contributed by atoms with Crippen LogP contribution < -0.4 is 0 Å². The Kier molecular flexibility index (Phi) is 7.92. The predicted octanol–water partition coefficient (Wildman–Crippen LogP) is 6.09. The Morgan fingerprint density at radius 3 is 2.65 bits per heavy atom. The molecule has 0 bridgehead atoms. The van der Waals surface area contributed by atoms with Gasteiger partial charge in [0.15, 0.2) is 0 Å². The SMILES string of the molecule is C=C1C(=C/C=C2\CCC[C@]3(C)[C@@H]([C@H](C)CCCCC(C)(C)O)CC[C@@H]23)C[C@@H](O)C[C@@H]1O. The van der Waals surface area contributed by atoms with E-state index in [1.54, 1.807) is 5.57 Å². The van der Waals surface area contributed by atoms with Crippen molar-refractivity contribution in [3.63, 3.8) is 0 Å². The second kappa shape index (κ2) is 9.93. The van der Waals surface area contributed by atoms with Crippen molar-refractivity contribution >= 4 is 0 Å². The van der Waals surface area contributed by atoms with Gasteiger partial charge >= 0.3 is 0 Å². The van der Waals surface area contributed by atoms with Crippen LogP contribution in [0.25, 0.3) is 0 Å². The second-order valence-corrected chi connectivity index (χ2v) is 11.7. The normalized spacial score (nSPS) is 38.0. The fourth-order valence-corrected chi connectivity index (χ4v) is 6.90. The van der Waals surface area contributed by atoms with E-state index in [1.807, 2.05) is 13.8 Å². The van der Waals surface area contributed by atoms with Gasteiger partial charge in [-0.15, -0.1) is 0 Å². The summed E-state index contributed by atoms with van der Waals surface area (Å²) in [5, 5.41) is 30.2. The molecule has 3 fully saturated rings. The summed E-state index contributed by atoms with van der Waals surface area (Å²) >= 11 is 0. The van der Waals surface area contributed by atoms with Crippen molar-refractivity contribution in [2.45, 2.75) is 116 Å². The third-order valence-electron chi connectivity index (χ3n) is 8.69. The van der Waals surface area contributed by atoms with Gasteiger partial charge in [-0.2, -0.15) is 0 Å². The van der Waals surface area contributed by atoms with Crippen molar-refractivity contribution < 1.29 is 15.3 Å². The van der Waals surface area contributed by atoms with Crippen molar-refractivity contribution in [1.29, 1.82) is 0 Å².